The van der Waals surface area contributed by atoms with Gasteiger partial charge in [-0.05, 0) is 25.9 Å². The van der Waals surface area contributed by atoms with Crippen LogP contribution in [0.15, 0.2) is 4.79 Å². The van der Waals surface area contributed by atoms with Crippen molar-refractivity contribution in [1.82, 2.24) is 19.5 Å². The molecular formula is C14H21FN5O4P. The molecule has 2 aromatic rings. The lowest BCUT2D eigenvalue weighted by Crippen LogP contribution is -2.32. The highest BCUT2D eigenvalue weighted by Crippen LogP contribution is 2.40. The number of nitrogens with one attached hydrogen (secondary N) is 1. The lowest BCUT2D eigenvalue weighted by Gasteiger charge is -2.18. The van der Waals surface area contributed by atoms with E-state index in [0.717, 1.165) is 10.7 Å². The fraction of sp³-hybridized carbons (Fsp3) is 0.571. The number of nitrogens with zero attached hydrogens (tertiary/aromatic N) is 3. The van der Waals surface area contributed by atoms with Gasteiger partial charge in [-0.15, -0.1) is 13.2 Å². The molecule has 1 aliphatic rings. The molecular weight excluding hydrogens is 352 g/mol. The number of aliphatic hydroxyl groups is 2. The van der Waals surface area contributed by atoms with E-state index in [1.165, 1.54) is 0 Å². The predicted molar refractivity (Wildman–Crippen MR) is 93.8 cm³/mol. The molecule has 9 nitrogen and oxygen atoms in total. The van der Waals surface area contributed by atoms with Crippen LogP contribution in [0.5, 0.6) is 0 Å². The molecule has 1 aliphatic heterocycles. The summed E-state index contributed by atoms with van der Waals surface area (Å²) < 4.78 is 20.8. The Balaban J connectivity index is 1.97. The number of fused-ring (bicyclic) bond motifs is 1. The van der Waals surface area contributed by atoms with Crippen LogP contribution in [0.4, 0.5) is 10.3 Å². The van der Waals surface area contributed by atoms with Crippen molar-refractivity contribution in [2.75, 3.05) is 25.2 Å². The third kappa shape index (κ3) is 3.35. The predicted octanol–water partition coefficient (Wildman–Crippen LogP) is -0.441. The van der Waals surface area contributed by atoms with E-state index in [-0.39, 0.29) is 17.1 Å². The van der Waals surface area contributed by atoms with E-state index in [4.69, 9.17) is 10.5 Å². The molecule has 138 valence electrons. The molecule has 1 saturated heterocycles. The molecule has 0 spiro atoms. The first-order valence-electron chi connectivity index (χ1n) is 7.70. The van der Waals surface area contributed by atoms with Crippen LogP contribution >= 0.6 is 6.89 Å². The van der Waals surface area contributed by atoms with Crippen molar-refractivity contribution in [3.8, 4) is 0 Å². The Morgan fingerprint density at radius 1 is 1.40 bits per heavy atom. The lowest BCUT2D eigenvalue weighted by molar-refractivity contribution is -0.0412. The minimum atomic E-state index is -1.40. The number of rotatable bonds is 4. The van der Waals surface area contributed by atoms with Gasteiger partial charge in [-0.2, -0.15) is 14.4 Å². The molecule has 0 bridgehead atoms. The minimum Gasteiger partial charge on any atom is -0.388 e. The number of imidazole rings is 1. The van der Waals surface area contributed by atoms with Crippen molar-refractivity contribution in [1.29, 1.82) is 0 Å². The van der Waals surface area contributed by atoms with Gasteiger partial charge in [0.15, 0.2) is 17.4 Å². The fourth-order valence-electron chi connectivity index (χ4n) is 2.86. The minimum absolute atomic E-state index is 0.152. The first-order valence-corrected chi connectivity index (χ1v) is 10.8. The number of anilines is 1. The van der Waals surface area contributed by atoms with Gasteiger partial charge in [0.1, 0.15) is 12.2 Å². The molecule has 4 atom stereocenters. The first-order chi connectivity index (χ1) is 11.6. The summed E-state index contributed by atoms with van der Waals surface area (Å²) in [6, 6.07) is 0. The number of ether oxygens (including phenoxy) is 1. The summed E-state index contributed by atoms with van der Waals surface area (Å²) in [6.07, 6.45) is -0.286. The topological polar surface area (TPSA) is 139 Å². The maximum absolute atomic E-state index is 14.3. The van der Waals surface area contributed by atoms with Crippen LogP contribution in [-0.4, -0.2) is 73.8 Å². The summed E-state index contributed by atoms with van der Waals surface area (Å²) in [4.78, 5) is 21.5. The number of nitrogens with two attached hydrogens (primary N) is 1. The van der Waals surface area contributed by atoms with Crippen molar-refractivity contribution < 1.29 is 19.3 Å². The van der Waals surface area contributed by atoms with Crippen LogP contribution in [-0.2, 0) is 4.74 Å². The Morgan fingerprint density at radius 2 is 2.08 bits per heavy atom. The maximum atomic E-state index is 14.3. The highest BCUT2D eigenvalue weighted by atomic mass is 31.2. The molecule has 11 heteroatoms. The zero-order chi connectivity index (χ0) is 18.5. The summed E-state index contributed by atoms with van der Waals surface area (Å²) in [6.45, 7) is 2.75. The van der Waals surface area contributed by atoms with E-state index in [1.54, 1.807) is 0 Å². The molecule has 3 rings (SSSR count). The normalized spacial score (nSPS) is 27.2. The number of hydrogen-bond acceptors (Lipinski definition) is 7. The van der Waals surface area contributed by atoms with Crippen LogP contribution in [0.25, 0.3) is 11.2 Å². The van der Waals surface area contributed by atoms with Gasteiger partial charge in [0, 0.05) is 0 Å². The molecule has 25 heavy (non-hydrogen) atoms. The summed E-state index contributed by atoms with van der Waals surface area (Å²) in [5, 5.41) is 20.6. The number of halogens is 1. The summed E-state index contributed by atoms with van der Waals surface area (Å²) >= 11 is 0. The summed E-state index contributed by atoms with van der Waals surface area (Å²) in [7, 11) is 0. The number of aliphatic hydroxyl groups excluding tert-OH is 2. The van der Waals surface area contributed by atoms with Crippen LogP contribution in [0, 0.1) is 6.08 Å². The molecule has 0 radical (unpaired) electrons. The average Bonchev–Trinajstić information content (AvgIpc) is 2.95. The second kappa shape index (κ2) is 6.21. The molecule has 0 amide bonds. The fourth-order valence-corrected chi connectivity index (χ4v) is 3.81. The van der Waals surface area contributed by atoms with Crippen LogP contribution in [0.1, 0.15) is 12.6 Å². The number of aromatic amines is 1. The summed E-state index contributed by atoms with van der Waals surface area (Å²) in [5.74, 6) is -0.216. The van der Waals surface area contributed by atoms with Gasteiger partial charge in [-0.3, -0.25) is 14.3 Å². The molecule has 5 N–H and O–H groups in total. The molecule has 2 aromatic heterocycles. The van der Waals surface area contributed by atoms with Crippen molar-refractivity contribution in [2.45, 2.75) is 31.0 Å². The van der Waals surface area contributed by atoms with Crippen molar-refractivity contribution in [2.24, 2.45) is 0 Å². The average molecular weight is 373 g/mol. The van der Waals surface area contributed by atoms with E-state index in [2.05, 4.69) is 21.3 Å². The molecule has 0 unspecified atom stereocenters. The van der Waals surface area contributed by atoms with Crippen molar-refractivity contribution in [3.63, 3.8) is 0 Å². The maximum Gasteiger partial charge on any atom is 0.293 e. The van der Waals surface area contributed by atoms with E-state index < -0.39 is 43.1 Å². The van der Waals surface area contributed by atoms with E-state index >= 15 is 0 Å². The summed E-state index contributed by atoms with van der Waals surface area (Å²) in [5.41, 5.74) is 4.39. The number of H-pyrrole nitrogens is 1. The molecule has 0 aromatic carbocycles. The zero-order valence-corrected chi connectivity index (χ0v) is 14.8. The van der Waals surface area contributed by atoms with E-state index in [9.17, 15) is 19.4 Å². The van der Waals surface area contributed by atoms with Gasteiger partial charge < -0.3 is 20.7 Å². The number of nitrogen functional groups attached to an aromatic ring is 1. The Morgan fingerprint density at radius 3 is 2.72 bits per heavy atom. The Bertz CT molecular complexity index is 906. The van der Waals surface area contributed by atoms with Crippen LogP contribution in [0.2, 0.25) is 0 Å². The lowest BCUT2D eigenvalue weighted by atomic mass is 10.1. The van der Waals surface area contributed by atoms with Gasteiger partial charge in [0.05, 0.1) is 6.10 Å². The van der Waals surface area contributed by atoms with Gasteiger partial charge in [-0.25, -0.2) is 0 Å². The third-order valence-electron chi connectivity index (χ3n) is 4.14. The molecule has 3 heterocycles. The third-order valence-corrected chi connectivity index (χ3v) is 5.61. The van der Waals surface area contributed by atoms with Gasteiger partial charge in [-0.1, -0.05) is 0 Å². The van der Waals surface area contributed by atoms with Gasteiger partial charge >= 0.3 is 0 Å². The monoisotopic (exact) mass is 373 g/mol. The number of hydrogen-bond donors (Lipinski definition) is 4. The van der Waals surface area contributed by atoms with Crippen LogP contribution < -0.4 is 11.3 Å². The SMILES string of the molecule is C=P(C)(C)CC[C@H]1O[C@@H](n2c(F)nc3c(=O)[nH]c(N)nc32)[C@H](O)[C@@H]1O. The van der Waals surface area contributed by atoms with Crippen molar-refractivity contribution in [3.05, 3.63) is 16.4 Å². The molecule has 1 fully saturated rings. The molecule has 0 saturated carbocycles. The second-order valence-corrected chi connectivity index (χ2v) is 11.2. The number of aromatic nitrogens is 4. The van der Waals surface area contributed by atoms with Gasteiger partial charge in [0.2, 0.25) is 5.95 Å². The zero-order valence-electron chi connectivity index (χ0n) is 13.9. The van der Waals surface area contributed by atoms with Gasteiger partial charge in [0.25, 0.3) is 11.6 Å². The first kappa shape index (κ1) is 18.1. The molecule has 0 aliphatic carbocycles. The second-order valence-electron chi connectivity index (χ2n) is 6.87. The van der Waals surface area contributed by atoms with Crippen LogP contribution in [0.3, 0.4) is 0 Å². The Kier molecular flexibility index (Phi) is 4.48. The quantitative estimate of drug-likeness (QED) is 0.421. The highest BCUT2D eigenvalue weighted by molar-refractivity contribution is 7.72. The van der Waals surface area contributed by atoms with E-state index in [1.807, 2.05) is 13.3 Å². The largest absolute Gasteiger partial charge is 0.388 e. The Labute approximate surface area is 142 Å². The highest BCUT2D eigenvalue weighted by Gasteiger charge is 2.45. The van der Waals surface area contributed by atoms with E-state index in [0.29, 0.717) is 6.42 Å². The smallest absolute Gasteiger partial charge is 0.293 e. The van der Waals surface area contributed by atoms with Crippen molar-refractivity contribution >= 4 is 30.3 Å². The standard InChI is InChI=1S/C14H21FN5O4P/c1-25(2,3)5-4-6-8(21)9(22)12(24-6)20-10-7(17-13(20)15)11(23)19-14(16)18-10/h6,8-9,12,21-22H,1,4-5H2,2-3H3,(H3,16,18,19,23)/t6-,8-,9-,12-/m1/s1. The Hall–Kier alpha value is -1.74.